The average Bonchev–Trinajstić information content (AvgIpc) is 3.11. The molecule has 1 aromatic carbocycles. The largest absolute Gasteiger partial charge is 0.481 e. The maximum absolute atomic E-state index is 12.8. The van der Waals surface area contributed by atoms with E-state index in [-0.39, 0.29) is 25.2 Å². The lowest BCUT2D eigenvalue weighted by Crippen LogP contribution is -2.56. The molecule has 31 heavy (non-hydrogen) atoms. The minimum atomic E-state index is -1.20. The molecule has 10 nitrogen and oxygen atoms in total. The Balaban J connectivity index is 2.08. The van der Waals surface area contributed by atoms with Crippen molar-refractivity contribution in [3.05, 3.63) is 36.0 Å². The Morgan fingerprint density at radius 3 is 2.35 bits per heavy atom. The van der Waals surface area contributed by atoms with Gasteiger partial charge in [-0.1, -0.05) is 32.0 Å². The van der Waals surface area contributed by atoms with Crippen LogP contribution in [-0.2, 0) is 25.6 Å². The van der Waals surface area contributed by atoms with Gasteiger partial charge in [-0.2, -0.15) is 0 Å². The van der Waals surface area contributed by atoms with E-state index in [1.54, 1.807) is 20.0 Å². The zero-order chi connectivity index (χ0) is 23.1. The summed E-state index contributed by atoms with van der Waals surface area (Å²) in [6.45, 7) is 3.39. The number of hydrogen-bond acceptors (Lipinski definition) is 5. The van der Waals surface area contributed by atoms with Gasteiger partial charge in [-0.3, -0.25) is 14.4 Å². The summed E-state index contributed by atoms with van der Waals surface area (Å²) in [6.07, 6.45) is 1.41. The van der Waals surface area contributed by atoms with Gasteiger partial charge in [0.15, 0.2) is 0 Å². The van der Waals surface area contributed by atoms with Gasteiger partial charge in [0.1, 0.15) is 12.1 Å². The number of aromatic amines is 1. The quantitative estimate of drug-likeness (QED) is 0.301. The second kappa shape index (κ2) is 10.6. The van der Waals surface area contributed by atoms with E-state index >= 15 is 0 Å². The molecule has 2 rings (SSSR count). The van der Waals surface area contributed by atoms with E-state index in [4.69, 9.17) is 10.8 Å². The maximum atomic E-state index is 12.8. The Kier molecular flexibility index (Phi) is 8.14. The van der Waals surface area contributed by atoms with Crippen LogP contribution in [0, 0.1) is 5.92 Å². The molecule has 0 unspecified atom stereocenters. The number of aliphatic carboxylic acids is 2. The smallest absolute Gasteiger partial charge is 0.326 e. The summed E-state index contributed by atoms with van der Waals surface area (Å²) in [5.74, 6) is -3.95. The second-order valence-electron chi connectivity index (χ2n) is 7.73. The van der Waals surface area contributed by atoms with E-state index in [0.717, 1.165) is 16.5 Å². The number of nitrogens with one attached hydrogen (secondary N) is 3. The van der Waals surface area contributed by atoms with Crippen molar-refractivity contribution in [1.82, 2.24) is 15.6 Å². The third-order valence-electron chi connectivity index (χ3n) is 4.97. The molecule has 0 spiro atoms. The molecule has 2 aromatic rings. The monoisotopic (exact) mass is 432 g/mol. The Morgan fingerprint density at radius 1 is 1.06 bits per heavy atom. The molecule has 2 amide bonds. The molecule has 1 aromatic heterocycles. The van der Waals surface area contributed by atoms with Crippen LogP contribution in [0.4, 0.5) is 0 Å². The summed E-state index contributed by atoms with van der Waals surface area (Å²) in [7, 11) is 0. The van der Waals surface area contributed by atoms with Crippen LogP contribution in [0.15, 0.2) is 30.5 Å². The normalized spacial score (nSPS) is 14.1. The third kappa shape index (κ3) is 6.54. The number of rotatable bonds is 11. The Hall–Kier alpha value is -3.40. The lowest BCUT2D eigenvalue weighted by Gasteiger charge is -2.25. The van der Waals surface area contributed by atoms with Crippen molar-refractivity contribution in [1.29, 1.82) is 0 Å². The Labute approximate surface area is 179 Å². The highest BCUT2D eigenvalue weighted by Gasteiger charge is 2.30. The second-order valence-corrected chi connectivity index (χ2v) is 7.73. The van der Waals surface area contributed by atoms with Gasteiger partial charge in [0, 0.05) is 29.9 Å². The highest BCUT2D eigenvalue weighted by atomic mass is 16.4. The molecule has 0 saturated carbocycles. The maximum Gasteiger partial charge on any atom is 0.326 e. The Bertz CT molecular complexity index is 954. The van der Waals surface area contributed by atoms with Crippen LogP contribution in [0.2, 0.25) is 0 Å². The van der Waals surface area contributed by atoms with Crippen molar-refractivity contribution >= 4 is 34.7 Å². The predicted molar refractivity (Wildman–Crippen MR) is 113 cm³/mol. The highest BCUT2D eigenvalue weighted by Crippen LogP contribution is 2.19. The average molecular weight is 432 g/mol. The van der Waals surface area contributed by atoms with Crippen LogP contribution < -0.4 is 16.4 Å². The first kappa shape index (κ1) is 23.9. The van der Waals surface area contributed by atoms with Crippen molar-refractivity contribution in [2.45, 2.75) is 51.2 Å². The number of fused-ring (bicyclic) bond motifs is 1. The highest BCUT2D eigenvalue weighted by molar-refractivity contribution is 5.92. The fourth-order valence-corrected chi connectivity index (χ4v) is 3.19. The summed E-state index contributed by atoms with van der Waals surface area (Å²) >= 11 is 0. The summed E-state index contributed by atoms with van der Waals surface area (Å²) in [5, 5.41) is 24.2. The van der Waals surface area contributed by atoms with Gasteiger partial charge in [0.25, 0.3) is 0 Å². The van der Waals surface area contributed by atoms with E-state index in [1.165, 1.54) is 0 Å². The van der Waals surface area contributed by atoms with Crippen LogP contribution in [0.3, 0.4) is 0 Å². The van der Waals surface area contributed by atoms with Crippen molar-refractivity contribution in [3.63, 3.8) is 0 Å². The Morgan fingerprint density at radius 2 is 1.74 bits per heavy atom. The molecule has 1 heterocycles. The van der Waals surface area contributed by atoms with Crippen molar-refractivity contribution in [2.24, 2.45) is 11.7 Å². The predicted octanol–water partition coefficient (Wildman–Crippen LogP) is 0.613. The lowest BCUT2D eigenvalue weighted by atomic mass is 10.0. The van der Waals surface area contributed by atoms with E-state index < -0.39 is 41.9 Å². The molecule has 3 atom stereocenters. The first-order chi connectivity index (χ1) is 14.6. The molecular formula is C21H28N4O6. The summed E-state index contributed by atoms with van der Waals surface area (Å²) in [4.78, 5) is 50.6. The molecule has 0 saturated heterocycles. The number of carbonyl (C=O) groups excluding carboxylic acids is 2. The molecule has 0 radical (unpaired) electrons. The molecule has 0 fully saturated rings. The van der Waals surface area contributed by atoms with Gasteiger partial charge in [0.05, 0.1) is 6.04 Å². The van der Waals surface area contributed by atoms with Crippen LogP contribution in [0.1, 0.15) is 32.3 Å². The molecule has 7 N–H and O–H groups in total. The molecule has 0 aliphatic heterocycles. The van der Waals surface area contributed by atoms with E-state index in [2.05, 4.69) is 15.6 Å². The molecular weight excluding hydrogens is 404 g/mol. The number of carboxylic acid groups (broad SMARTS) is 2. The van der Waals surface area contributed by atoms with E-state index in [9.17, 15) is 24.3 Å². The number of benzene rings is 1. The third-order valence-corrected chi connectivity index (χ3v) is 4.97. The molecule has 0 bridgehead atoms. The zero-order valence-corrected chi connectivity index (χ0v) is 17.4. The van der Waals surface area contributed by atoms with Crippen LogP contribution in [0.5, 0.6) is 0 Å². The van der Waals surface area contributed by atoms with Crippen LogP contribution in [0.25, 0.3) is 10.9 Å². The summed E-state index contributed by atoms with van der Waals surface area (Å²) < 4.78 is 0. The fraction of sp³-hybridized carbons (Fsp3) is 0.429. The molecule has 0 aliphatic carbocycles. The first-order valence-corrected chi connectivity index (χ1v) is 9.96. The topological polar surface area (TPSA) is 175 Å². The number of aromatic nitrogens is 1. The van der Waals surface area contributed by atoms with Crippen LogP contribution in [-0.4, -0.2) is 57.1 Å². The first-order valence-electron chi connectivity index (χ1n) is 9.96. The fourth-order valence-electron chi connectivity index (χ4n) is 3.19. The number of nitrogens with two attached hydrogens (primary N) is 1. The van der Waals surface area contributed by atoms with Crippen molar-refractivity contribution in [2.75, 3.05) is 0 Å². The lowest BCUT2D eigenvalue weighted by molar-refractivity contribution is -0.142. The number of H-pyrrole nitrogens is 1. The summed E-state index contributed by atoms with van der Waals surface area (Å²) in [6, 6.07) is 4.11. The van der Waals surface area contributed by atoms with Gasteiger partial charge in [-0.15, -0.1) is 0 Å². The number of para-hydroxylation sites is 1. The van der Waals surface area contributed by atoms with E-state index in [0.29, 0.717) is 0 Å². The van der Waals surface area contributed by atoms with Gasteiger partial charge >= 0.3 is 11.9 Å². The molecule has 0 aliphatic rings. The minimum absolute atomic E-state index is 0.0575. The van der Waals surface area contributed by atoms with Gasteiger partial charge in [-0.25, -0.2) is 4.79 Å². The molecule has 168 valence electrons. The van der Waals surface area contributed by atoms with Gasteiger partial charge < -0.3 is 31.6 Å². The van der Waals surface area contributed by atoms with Gasteiger partial charge in [0.2, 0.25) is 11.8 Å². The number of amides is 2. The summed E-state index contributed by atoms with van der Waals surface area (Å²) in [5.41, 5.74) is 7.30. The van der Waals surface area contributed by atoms with E-state index in [1.807, 2.05) is 24.3 Å². The van der Waals surface area contributed by atoms with Crippen molar-refractivity contribution < 1.29 is 29.4 Å². The SMILES string of the molecule is CC(C)[C@H](NC(=O)[C@@H](N)CCC(=O)O)C(=O)N[C@@H](Cc1c[nH]c2ccccc12)C(=O)O. The van der Waals surface area contributed by atoms with Crippen LogP contribution >= 0.6 is 0 Å². The van der Waals surface area contributed by atoms with Gasteiger partial charge in [-0.05, 0) is 24.0 Å². The number of carboxylic acids is 2. The molecule has 10 heteroatoms. The minimum Gasteiger partial charge on any atom is -0.481 e. The standard InChI is InChI=1S/C21H28N4O6/c1-11(2)18(25-19(28)14(22)7-8-17(26)27)20(29)24-16(21(30)31)9-12-10-23-15-6-4-3-5-13(12)15/h3-6,10-11,14,16,18,23H,7-9,22H2,1-2H3,(H,24,29)(H,25,28)(H,26,27)(H,30,31)/t14-,16-,18-/m0/s1. The van der Waals surface area contributed by atoms with Crippen molar-refractivity contribution in [3.8, 4) is 0 Å². The number of hydrogen-bond donors (Lipinski definition) is 6. The zero-order valence-electron chi connectivity index (χ0n) is 17.4. The number of carbonyl (C=O) groups is 4.